The SMILES string of the molecule is C=C(F)C(=O)N1CCN(c2nc(OCC34CCCN3CCC4)nc3c(F)c(-c4cccc5cccc(Cl)c45)ccc23)[C@@H](C)C1. The summed E-state index contributed by atoms with van der Waals surface area (Å²) in [6.45, 7) is 8.59. The van der Waals surface area contributed by atoms with Crippen LogP contribution in [0.25, 0.3) is 32.8 Å². The van der Waals surface area contributed by atoms with Gasteiger partial charge in [0.15, 0.2) is 11.6 Å². The molecule has 3 aliphatic heterocycles. The molecule has 0 unspecified atom stereocenters. The zero-order valence-electron chi connectivity index (χ0n) is 24.7. The van der Waals surface area contributed by atoms with Crippen molar-refractivity contribution in [1.82, 2.24) is 19.8 Å². The second-order valence-electron chi connectivity index (χ2n) is 12.2. The first kappa shape index (κ1) is 28.9. The molecule has 7 rings (SSSR count). The van der Waals surface area contributed by atoms with E-state index in [0.717, 1.165) is 49.5 Å². The van der Waals surface area contributed by atoms with Gasteiger partial charge < -0.3 is 14.5 Å². The van der Waals surface area contributed by atoms with Crippen LogP contribution in [0.1, 0.15) is 32.6 Å². The van der Waals surface area contributed by atoms with Gasteiger partial charge in [-0.25, -0.2) is 8.78 Å². The minimum atomic E-state index is -0.982. The van der Waals surface area contributed by atoms with Crippen LogP contribution in [0.5, 0.6) is 6.01 Å². The maximum absolute atomic E-state index is 16.7. The van der Waals surface area contributed by atoms with Crippen molar-refractivity contribution in [2.75, 3.05) is 44.2 Å². The lowest BCUT2D eigenvalue weighted by Crippen LogP contribution is -2.54. The van der Waals surface area contributed by atoms with Crippen molar-refractivity contribution in [3.63, 3.8) is 0 Å². The van der Waals surface area contributed by atoms with E-state index in [1.165, 1.54) is 4.90 Å². The van der Waals surface area contributed by atoms with E-state index in [0.29, 0.717) is 40.5 Å². The van der Waals surface area contributed by atoms with Gasteiger partial charge in [0.25, 0.3) is 5.91 Å². The molecule has 44 heavy (non-hydrogen) atoms. The van der Waals surface area contributed by atoms with E-state index in [2.05, 4.69) is 16.5 Å². The number of hydrogen-bond donors (Lipinski definition) is 0. The van der Waals surface area contributed by atoms with E-state index >= 15 is 4.39 Å². The summed E-state index contributed by atoms with van der Waals surface area (Å²) in [6.07, 6.45) is 4.37. The Morgan fingerprint density at radius 3 is 2.52 bits per heavy atom. The molecular weight excluding hydrogens is 584 g/mol. The number of fused-ring (bicyclic) bond motifs is 3. The lowest BCUT2D eigenvalue weighted by molar-refractivity contribution is -0.129. The molecule has 0 bridgehead atoms. The zero-order valence-corrected chi connectivity index (χ0v) is 25.4. The monoisotopic (exact) mass is 617 g/mol. The van der Waals surface area contributed by atoms with E-state index in [1.54, 1.807) is 12.1 Å². The van der Waals surface area contributed by atoms with Crippen molar-refractivity contribution >= 4 is 45.0 Å². The van der Waals surface area contributed by atoms with Gasteiger partial charge in [0.2, 0.25) is 0 Å². The summed E-state index contributed by atoms with van der Waals surface area (Å²) in [4.78, 5) is 27.8. The first-order valence-electron chi connectivity index (χ1n) is 15.2. The molecule has 3 aromatic carbocycles. The molecule has 4 heterocycles. The quantitative estimate of drug-likeness (QED) is 0.223. The largest absolute Gasteiger partial charge is 0.461 e. The average molecular weight is 618 g/mol. The van der Waals surface area contributed by atoms with Crippen molar-refractivity contribution < 1.29 is 18.3 Å². The third-order valence-electron chi connectivity index (χ3n) is 9.61. The molecule has 1 amide bonds. The molecule has 3 saturated heterocycles. The number of hydrogen-bond acceptors (Lipinski definition) is 6. The molecule has 3 aliphatic rings. The van der Waals surface area contributed by atoms with Crippen molar-refractivity contribution in [2.24, 2.45) is 0 Å². The summed E-state index contributed by atoms with van der Waals surface area (Å²) in [5, 5.41) is 2.76. The van der Waals surface area contributed by atoms with E-state index in [1.807, 2.05) is 48.2 Å². The van der Waals surface area contributed by atoms with Gasteiger partial charge in [0, 0.05) is 47.0 Å². The van der Waals surface area contributed by atoms with Crippen LogP contribution < -0.4 is 9.64 Å². The van der Waals surface area contributed by atoms with Crippen molar-refractivity contribution in [3.8, 4) is 17.1 Å². The second kappa shape index (κ2) is 11.3. The van der Waals surface area contributed by atoms with Gasteiger partial charge in [-0.05, 0) is 68.8 Å². The number of ether oxygens (including phenoxy) is 1. The highest BCUT2D eigenvalue weighted by Gasteiger charge is 2.45. The summed E-state index contributed by atoms with van der Waals surface area (Å²) in [6, 6.07) is 14.8. The maximum Gasteiger partial charge on any atom is 0.319 e. The van der Waals surface area contributed by atoms with E-state index in [9.17, 15) is 9.18 Å². The van der Waals surface area contributed by atoms with Gasteiger partial charge in [-0.3, -0.25) is 9.69 Å². The molecule has 0 N–H and O–H groups in total. The van der Waals surface area contributed by atoms with Crippen LogP contribution in [0.2, 0.25) is 5.02 Å². The number of nitrogens with zero attached hydrogens (tertiary/aromatic N) is 5. The molecule has 0 aliphatic carbocycles. The number of rotatable bonds is 6. The van der Waals surface area contributed by atoms with E-state index < -0.39 is 17.6 Å². The maximum atomic E-state index is 16.7. The molecular formula is C34H34ClF2N5O2. The van der Waals surface area contributed by atoms with Gasteiger partial charge in [0.05, 0.1) is 5.54 Å². The average Bonchev–Trinajstić information content (AvgIpc) is 3.60. The molecule has 0 spiro atoms. The van der Waals surface area contributed by atoms with Crippen LogP contribution in [0, 0.1) is 5.82 Å². The van der Waals surface area contributed by atoms with E-state index in [4.69, 9.17) is 21.3 Å². The number of piperazine rings is 1. The molecule has 10 heteroatoms. The smallest absolute Gasteiger partial charge is 0.319 e. The molecule has 7 nitrogen and oxygen atoms in total. The third kappa shape index (κ3) is 4.86. The molecule has 0 radical (unpaired) electrons. The second-order valence-corrected chi connectivity index (χ2v) is 12.6. The fraction of sp³-hybridized carbons (Fsp3) is 0.382. The Morgan fingerprint density at radius 1 is 1.05 bits per heavy atom. The Morgan fingerprint density at radius 2 is 1.80 bits per heavy atom. The van der Waals surface area contributed by atoms with E-state index in [-0.39, 0.29) is 36.2 Å². The topological polar surface area (TPSA) is 61.8 Å². The Kier molecular flexibility index (Phi) is 7.41. The van der Waals surface area contributed by atoms with Crippen LogP contribution in [0.3, 0.4) is 0 Å². The summed E-state index contributed by atoms with van der Waals surface area (Å²) in [5.41, 5.74) is 1.18. The summed E-state index contributed by atoms with van der Waals surface area (Å²) < 4.78 is 36.7. The molecule has 228 valence electrons. The van der Waals surface area contributed by atoms with Crippen LogP contribution in [0.15, 0.2) is 60.9 Å². The highest BCUT2D eigenvalue weighted by molar-refractivity contribution is 6.36. The summed E-state index contributed by atoms with van der Waals surface area (Å²) in [5.74, 6) is -1.66. The van der Waals surface area contributed by atoms with Gasteiger partial charge in [-0.15, -0.1) is 0 Å². The first-order chi connectivity index (χ1) is 21.3. The molecule has 4 aromatic rings. The van der Waals surface area contributed by atoms with Crippen LogP contribution >= 0.6 is 11.6 Å². The molecule has 0 saturated carbocycles. The van der Waals surface area contributed by atoms with Crippen molar-refractivity contribution in [1.29, 1.82) is 0 Å². The van der Waals surface area contributed by atoms with Crippen molar-refractivity contribution in [2.45, 2.75) is 44.2 Å². The fourth-order valence-corrected chi connectivity index (χ4v) is 7.71. The Balaban J connectivity index is 1.32. The Hall–Kier alpha value is -3.82. The normalized spacial score (nSPS) is 20.0. The number of aromatic nitrogens is 2. The van der Waals surface area contributed by atoms with Gasteiger partial charge in [-0.2, -0.15) is 9.97 Å². The predicted octanol–water partition coefficient (Wildman–Crippen LogP) is 6.77. The van der Waals surface area contributed by atoms with Crippen LogP contribution in [-0.4, -0.2) is 76.6 Å². The summed E-state index contributed by atoms with van der Waals surface area (Å²) in [7, 11) is 0. The van der Waals surface area contributed by atoms with Gasteiger partial charge >= 0.3 is 6.01 Å². The van der Waals surface area contributed by atoms with Gasteiger partial charge in [-0.1, -0.05) is 54.6 Å². The number of benzene rings is 3. The van der Waals surface area contributed by atoms with Crippen LogP contribution in [0.4, 0.5) is 14.6 Å². The number of carbonyl (C=O) groups is 1. The Labute approximate surface area is 260 Å². The predicted molar refractivity (Wildman–Crippen MR) is 169 cm³/mol. The standard InChI is InChI=1S/C34H34ClF2N5O2/c1-21-19-40(32(43)22(2)36)17-18-42(21)31-26-12-11-25(24-9-3-7-23-8-4-10-27(35)28(23)24)29(37)30(26)38-33(39-31)44-20-34-13-5-15-41(34)16-6-14-34/h3-4,7-12,21H,2,5-6,13-20H2,1H3/t21-/m0/s1. The number of anilines is 1. The zero-order chi connectivity index (χ0) is 30.6. The number of halogens is 3. The minimum Gasteiger partial charge on any atom is -0.461 e. The number of amides is 1. The highest BCUT2D eigenvalue weighted by atomic mass is 35.5. The lowest BCUT2D eigenvalue weighted by Gasteiger charge is -2.40. The molecule has 1 aromatic heterocycles. The van der Waals surface area contributed by atoms with Crippen LogP contribution in [-0.2, 0) is 4.79 Å². The lowest BCUT2D eigenvalue weighted by atomic mass is 9.95. The van der Waals surface area contributed by atoms with Crippen molar-refractivity contribution in [3.05, 3.63) is 71.8 Å². The highest BCUT2D eigenvalue weighted by Crippen LogP contribution is 2.41. The number of carbonyl (C=O) groups excluding carboxylic acids is 1. The minimum absolute atomic E-state index is 0.0351. The molecule has 3 fully saturated rings. The third-order valence-corrected chi connectivity index (χ3v) is 9.92. The Bertz CT molecular complexity index is 1780. The fourth-order valence-electron chi connectivity index (χ4n) is 7.43. The summed E-state index contributed by atoms with van der Waals surface area (Å²) >= 11 is 6.62. The van der Waals surface area contributed by atoms with Gasteiger partial charge in [0.1, 0.15) is 17.9 Å². The molecule has 1 atom stereocenters. The first-order valence-corrected chi connectivity index (χ1v) is 15.6.